The number of aryl methyl sites for hydroxylation is 2. The SMILES string of the molecule is [C-]#[N+]c1cc(C)c(N2CCCC([N+]3(CC)CCCCC3)C2=O)c(C)c1. The number of anilines is 1. The number of hydrogen-bond donors (Lipinski definition) is 0. The van der Waals surface area contributed by atoms with Gasteiger partial charge in [0, 0.05) is 18.7 Å². The highest BCUT2D eigenvalue weighted by Crippen LogP contribution is 2.35. The number of hydrogen-bond acceptors (Lipinski definition) is 1. The predicted molar refractivity (Wildman–Crippen MR) is 102 cm³/mol. The van der Waals surface area contributed by atoms with Crippen LogP contribution in [0.15, 0.2) is 12.1 Å². The van der Waals surface area contributed by atoms with Crippen molar-refractivity contribution in [1.29, 1.82) is 0 Å². The number of nitrogens with zero attached hydrogens (tertiary/aromatic N) is 3. The monoisotopic (exact) mass is 340 g/mol. The number of amides is 1. The van der Waals surface area contributed by atoms with Crippen LogP contribution in [-0.2, 0) is 4.79 Å². The molecule has 2 heterocycles. The Labute approximate surface area is 151 Å². The summed E-state index contributed by atoms with van der Waals surface area (Å²) in [4.78, 5) is 19.1. The lowest BCUT2D eigenvalue weighted by molar-refractivity contribution is -0.945. The van der Waals surface area contributed by atoms with Gasteiger partial charge in [-0.2, -0.15) is 0 Å². The van der Waals surface area contributed by atoms with Gasteiger partial charge in [0.25, 0.3) is 5.91 Å². The highest BCUT2D eigenvalue weighted by Gasteiger charge is 2.45. The number of benzene rings is 1. The van der Waals surface area contributed by atoms with Gasteiger partial charge in [-0.1, -0.05) is 12.1 Å². The summed E-state index contributed by atoms with van der Waals surface area (Å²) in [6, 6.07) is 3.94. The van der Waals surface area contributed by atoms with Crippen LogP contribution in [0.2, 0.25) is 0 Å². The van der Waals surface area contributed by atoms with Gasteiger partial charge in [0.05, 0.1) is 26.2 Å². The lowest BCUT2D eigenvalue weighted by atomic mass is 9.94. The van der Waals surface area contributed by atoms with Crippen LogP contribution >= 0.6 is 0 Å². The Kier molecular flexibility index (Phi) is 5.15. The van der Waals surface area contributed by atoms with Crippen molar-refractivity contribution >= 4 is 17.3 Å². The van der Waals surface area contributed by atoms with E-state index >= 15 is 0 Å². The van der Waals surface area contributed by atoms with Crippen molar-refractivity contribution in [3.63, 3.8) is 0 Å². The minimum absolute atomic E-state index is 0.110. The second-order valence-electron chi connectivity index (χ2n) is 7.73. The number of likely N-dealkylation sites (tertiary alicyclic amines) is 1. The Bertz CT molecular complexity index is 675. The number of piperidine rings is 2. The van der Waals surface area contributed by atoms with Crippen molar-refractivity contribution in [3.05, 3.63) is 34.7 Å². The third-order valence-corrected chi connectivity index (χ3v) is 6.28. The highest BCUT2D eigenvalue weighted by molar-refractivity contribution is 5.98. The van der Waals surface area contributed by atoms with Gasteiger partial charge in [-0.3, -0.25) is 4.79 Å². The Morgan fingerprint density at radius 3 is 2.36 bits per heavy atom. The summed E-state index contributed by atoms with van der Waals surface area (Å²) in [6.45, 7) is 17.7. The summed E-state index contributed by atoms with van der Waals surface area (Å²) < 4.78 is 0.980. The van der Waals surface area contributed by atoms with Gasteiger partial charge in [0.15, 0.2) is 11.7 Å². The third-order valence-electron chi connectivity index (χ3n) is 6.28. The topological polar surface area (TPSA) is 24.7 Å². The van der Waals surface area contributed by atoms with Gasteiger partial charge in [-0.25, -0.2) is 4.85 Å². The summed E-state index contributed by atoms with van der Waals surface area (Å²) in [7, 11) is 0. The molecule has 0 spiro atoms. The molecular weight excluding hydrogens is 310 g/mol. The fourth-order valence-electron chi connectivity index (χ4n) is 5.00. The number of carbonyl (C=O) groups excluding carboxylic acids is 1. The number of rotatable bonds is 3. The molecule has 4 heteroatoms. The first-order valence-electron chi connectivity index (χ1n) is 9.68. The zero-order chi connectivity index (χ0) is 18.0. The summed E-state index contributed by atoms with van der Waals surface area (Å²) >= 11 is 0. The molecule has 1 unspecified atom stereocenters. The highest BCUT2D eigenvalue weighted by atomic mass is 16.2. The Morgan fingerprint density at radius 1 is 1.16 bits per heavy atom. The molecule has 4 nitrogen and oxygen atoms in total. The van der Waals surface area contributed by atoms with Crippen molar-refractivity contribution in [1.82, 2.24) is 0 Å². The number of likely N-dealkylation sites (N-methyl/N-ethyl adjacent to an activating group) is 1. The van der Waals surface area contributed by atoms with E-state index in [1.54, 1.807) is 0 Å². The van der Waals surface area contributed by atoms with E-state index in [0.29, 0.717) is 11.6 Å². The van der Waals surface area contributed by atoms with E-state index < -0.39 is 0 Å². The maximum atomic E-state index is 13.5. The largest absolute Gasteiger partial charge is 0.314 e. The van der Waals surface area contributed by atoms with Crippen molar-refractivity contribution < 1.29 is 9.28 Å². The van der Waals surface area contributed by atoms with E-state index in [1.807, 2.05) is 30.9 Å². The predicted octanol–water partition coefficient (Wildman–Crippen LogP) is 4.37. The van der Waals surface area contributed by atoms with E-state index in [2.05, 4.69) is 11.8 Å². The van der Waals surface area contributed by atoms with Gasteiger partial charge in [0.1, 0.15) is 0 Å². The first kappa shape index (κ1) is 17.9. The molecule has 1 amide bonds. The van der Waals surface area contributed by atoms with E-state index in [1.165, 1.54) is 19.3 Å². The number of carbonyl (C=O) groups is 1. The van der Waals surface area contributed by atoms with Gasteiger partial charge in [-0.05, 0) is 57.6 Å². The molecule has 0 saturated carbocycles. The second-order valence-corrected chi connectivity index (χ2v) is 7.73. The van der Waals surface area contributed by atoms with Crippen LogP contribution in [0.4, 0.5) is 11.4 Å². The van der Waals surface area contributed by atoms with Gasteiger partial charge < -0.3 is 9.38 Å². The smallest absolute Gasteiger partial charge is 0.285 e. The molecule has 0 radical (unpaired) electrons. The standard InChI is InChI=1S/C21H30N3O/c1-5-24(12-7-6-8-13-24)19-10-9-11-23(21(19)25)20-16(2)14-18(22-4)15-17(20)3/h14-15,19H,5-13H2,1-3H3/q+1. The van der Waals surface area contributed by atoms with Crippen molar-refractivity contribution in [3.8, 4) is 0 Å². The maximum Gasteiger partial charge on any atom is 0.285 e. The fraction of sp³-hybridized carbons (Fsp3) is 0.619. The first-order chi connectivity index (χ1) is 12.0. The molecule has 0 aromatic heterocycles. The lowest BCUT2D eigenvalue weighted by Gasteiger charge is -2.49. The van der Waals surface area contributed by atoms with Crippen LogP contribution in [0.25, 0.3) is 4.85 Å². The van der Waals surface area contributed by atoms with E-state index in [9.17, 15) is 4.79 Å². The molecular formula is C21H30N3O+. The zero-order valence-corrected chi connectivity index (χ0v) is 15.8. The van der Waals surface area contributed by atoms with Crippen LogP contribution in [-0.4, -0.2) is 42.6 Å². The molecule has 2 aliphatic rings. The Morgan fingerprint density at radius 2 is 1.80 bits per heavy atom. The Balaban J connectivity index is 1.94. The molecule has 25 heavy (non-hydrogen) atoms. The van der Waals surface area contributed by atoms with Crippen molar-refractivity contribution in [2.24, 2.45) is 0 Å². The van der Waals surface area contributed by atoms with Crippen LogP contribution < -0.4 is 4.90 Å². The van der Waals surface area contributed by atoms with Gasteiger partial charge >= 0.3 is 0 Å². The minimum atomic E-state index is 0.110. The van der Waals surface area contributed by atoms with Gasteiger partial charge in [-0.15, -0.1) is 0 Å². The van der Waals surface area contributed by atoms with Crippen molar-refractivity contribution in [2.75, 3.05) is 31.1 Å². The quantitative estimate of drug-likeness (QED) is 0.592. The summed E-state index contributed by atoms with van der Waals surface area (Å²) in [6.07, 6.45) is 5.88. The normalized spacial score (nSPS) is 23.4. The van der Waals surface area contributed by atoms with Crippen LogP contribution in [0.1, 0.15) is 50.2 Å². The van der Waals surface area contributed by atoms with Crippen LogP contribution in [0, 0.1) is 20.4 Å². The van der Waals surface area contributed by atoms with Gasteiger partial charge in [0.2, 0.25) is 0 Å². The summed E-state index contributed by atoms with van der Waals surface area (Å²) in [5.74, 6) is 0.303. The zero-order valence-electron chi connectivity index (χ0n) is 15.8. The molecule has 0 aliphatic carbocycles. The minimum Gasteiger partial charge on any atom is -0.314 e. The van der Waals surface area contributed by atoms with E-state index in [0.717, 1.165) is 60.3 Å². The molecule has 1 aromatic rings. The molecule has 1 atom stereocenters. The third kappa shape index (κ3) is 3.18. The van der Waals surface area contributed by atoms with E-state index in [4.69, 9.17) is 6.57 Å². The average molecular weight is 340 g/mol. The lowest BCUT2D eigenvalue weighted by Crippen LogP contribution is -2.65. The van der Waals surface area contributed by atoms with Crippen LogP contribution in [0.3, 0.4) is 0 Å². The fourth-order valence-corrected chi connectivity index (χ4v) is 5.00. The molecule has 3 rings (SSSR count). The Hall–Kier alpha value is -1.86. The van der Waals surface area contributed by atoms with E-state index in [-0.39, 0.29) is 6.04 Å². The molecule has 134 valence electrons. The molecule has 0 bridgehead atoms. The molecule has 1 aromatic carbocycles. The van der Waals surface area contributed by atoms with Crippen molar-refractivity contribution in [2.45, 2.75) is 58.9 Å². The second kappa shape index (κ2) is 7.17. The summed E-state index contributed by atoms with van der Waals surface area (Å²) in [5, 5.41) is 0. The first-order valence-corrected chi connectivity index (χ1v) is 9.68. The molecule has 2 saturated heterocycles. The van der Waals surface area contributed by atoms with Crippen LogP contribution in [0.5, 0.6) is 0 Å². The number of quaternary nitrogens is 1. The maximum absolute atomic E-state index is 13.5. The average Bonchev–Trinajstić information content (AvgIpc) is 2.63. The molecule has 2 aliphatic heterocycles. The molecule has 2 fully saturated rings. The summed E-state index contributed by atoms with van der Waals surface area (Å²) in [5.41, 5.74) is 3.78. The molecule has 0 N–H and O–H groups in total.